The van der Waals surface area contributed by atoms with E-state index in [1.165, 1.54) is 11.3 Å². The average Bonchev–Trinajstić information content (AvgIpc) is 3.41. The van der Waals surface area contributed by atoms with Gasteiger partial charge in [-0.05, 0) is 22.6 Å². The number of piperidine rings is 3. The van der Waals surface area contributed by atoms with Gasteiger partial charge in [0.05, 0.1) is 18.0 Å². The fourth-order valence-electron chi connectivity index (χ4n) is 5.41. The van der Waals surface area contributed by atoms with Crippen LogP contribution in [0.15, 0.2) is 78.2 Å². The number of hydrogen-bond acceptors (Lipinski definition) is 5. The molecule has 0 saturated carbocycles. The quantitative estimate of drug-likeness (QED) is 0.279. The Bertz CT molecular complexity index is 1090. The summed E-state index contributed by atoms with van der Waals surface area (Å²) in [6.45, 7) is 3.79. The average molecular weight is 476 g/mol. The second-order valence-electron chi connectivity index (χ2n) is 9.55. The first-order valence-corrected chi connectivity index (χ1v) is 12.9. The third-order valence-electron chi connectivity index (χ3n) is 7.31. The molecule has 3 aliphatic rings. The van der Waals surface area contributed by atoms with E-state index in [0.29, 0.717) is 19.0 Å². The van der Waals surface area contributed by atoms with E-state index in [1.807, 2.05) is 78.2 Å². The van der Waals surface area contributed by atoms with Crippen molar-refractivity contribution in [2.75, 3.05) is 26.2 Å². The summed E-state index contributed by atoms with van der Waals surface area (Å²) in [5.74, 6) is 0.349. The van der Waals surface area contributed by atoms with Crippen molar-refractivity contribution in [1.29, 1.82) is 0 Å². The van der Waals surface area contributed by atoms with Crippen LogP contribution in [0, 0.1) is 5.92 Å². The molecule has 176 valence electrons. The van der Waals surface area contributed by atoms with Gasteiger partial charge in [0.1, 0.15) is 19.1 Å². The second kappa shape index (κ2) is 10.2. The summed E-state index contributed by atoms with van der Waals surface area (Å²) < 4.78 is 6.94. The third-order valence-corrected chi connectivity index (χ3v) is 8.22. The fourth-order valence-corrected chi connectivity index (χ4v) is 6.07. The predicted molar refractivity (Wildman–Crippen MR) is 133 cm³/mol. The molecule has 3 fully saturated rings. The van der Waals surface area contributed by atoms with Crippen LogP contribution in [0.3, 0.4) is 0 Å². The minimum absolute atomic E-state index is 0.143. The molecule has 6 heteroatoms. The van der Waals surface area contributed by atoms with Gasteiger partial charge in [0.25, 0.3) is 0 Å². The van der Waals surface area contributed by atoms with Crippen LogP contribution in [-0.2, 0) is 16.1 Å². The molecule has 0 aliphatic carbocycles. The first-order chi connectivity index (χ1) is 16.6. The highest BCUT2D eigenvalue weighted by atomic mass is 32.1. The van der Waals surface area contributed by atoms with Crippen molar-refractivity contribution < 1.29 is 18.8 Å². The van der Waals surface area contributed by atoms with E-state index in [4.69, 9.17) is 4.74 Å². The molecule has 6 rings (SSSR count). The van der Waals surface area contributed by atoms with Gasteiger partial charge < -0.3 is 9.22 Å². The molecule has 0 radical (unpaired) electrons. The monoisotopic (exact) mass is 475 g/mol. The molecule has 5 nitrogen and oxygen atoms in total. The number of carbonyl (C=O) groups excluding carboxylic acids is 2. The zero-order valence-corrected chi connectivity index (χ0v) is 20.1. The lowest BCUT2D eigenvalue weighted by molar-refractivity contribution is -0.938. The van der Waals surface area contributed by atoms with Gasteiger partial charge >= 0.3 is 5.97 Å². The zero-order valence-electron chi connectivity index (χ0n) is 19.3. The van der Waals surface area contributed by atoms with E-state index in [2.05, 4.69) is 5.32 Å². The lowest BCUT2D eigenvalue weighted by Crippen LogP contribution is -2.65. The van der Waals surface area contributed by atoms with Crippen molar-refractivity contribution in [3.63, 3.8) is 0 Å². The number of hydrogen-bond donors (Lipinski definition) is 1. The van der Waals surface area contributed by atoms with Crippen molar-refractivity contribution in [3.05, 3.63) is 94.2 Å². The number of esters is 1. The van der Waals surface area contributed by atoms with Crippen LogP contribution in [0.25, 0.3) is 0 Å². The van der Waals surface area contributed by atoms with Crippen LogP contribution in [-0.4, -0.2) is 48.5 Å². The van der Waals surface area contributed by atoms with Crippen molar-refractivity contribution in [2.24, 2.45) is 5.92 Å². The molecule has 2 atom stereocenters. The second-order valence-corrected chi connectivity index (χ2v) is 10.5. The Kier molecular flexibility index (Phi) is 6.90. The number of Topliss-reactive ketones (excluding diaryl/α,β-unsaturated/α-hetero) is 1. The van der Waals surface area contributed by atoms with Gasteiger partial charge in [-0.3, -0.25) is 10.1 Å². The summed E-state index contributed by atoms with van der Waals surface area (Å²) in [5, 5.41) is 5.36. The normalized spacial score (nSPS) is 24.5. The van der Waals surface area contributed by atoms with Crippen molar-refractivity contribution >= 4 is 23.1 Å². The molecular weight excluding hydrogens is 444 g/mol. The number of nitrogens with zero attached hydrogens (tertiary/aromatic N) is 1. The number of fused-ring (bicyclic) bond motifs is 3. The molecule has 2 bridgehead atoms. The Balaban J connectivity index is 1.28. The van der Waals surface area contributed by atoms with Crippen LogP contribution in [0.5, 0.6) is 0 Å². The Morgan fingerprint density at radius 1 is 0.971 bits per heavy atom. The lowest BCUT2D eigenvalue weighted by atomic mass is 9.83. The van der Waals surface area contributed by atoms with Crippen LogP contribution in [0.4, 0.5) is 0 Å². The predicted octanol–water partition coefficient (Wildman–Crippen LogP) is 4.61. The first kappa shape index (κ1) is 23.0. The smallest absolute Gasteiger partial charge is 0.328 e. The van der Waals surface area contributed by atoms with E-state index >= 15 is 0 Å². The van der Waals surface area contributed by atoms with Gasteiger partial charge in [-0.1, -0.05) is 66.7 Å². The molecule has 34 heavy (non-hydrogen) atoms. The minimum atomic E-state index is -0.530. The highest BCUT2D eigenvalue weighted by Crippen LogP contribution is 2.36. The highest BCUT2D eigenvalue weighted by molar-refractivity contribution is 7.12. The molecule has 1 aromatic heterocycles. The SMILES string of the molecule is O=C(C[N+]12CCC(CC1)[C@@H](OC(=O)C(NCc1ccccc1)c1ccccc1)C2)c1cccs1. The molecule has 1 N–H and O–H groups in total. The largest absolute Gasteiger partial charge is 0.455 e. The van der Waals surface area contributed by atoms with Gasteiger partial charge in [-0.25, -0.2) is 4.79 Å². The molecule has 0 amide bonds. The van der Waals surface area contributed by atoms with Crippen LogP contribution in [0.1, 0.15) is 39.7 Å². The Hall–Kier alpha value is -2.80. The van der Waals surface area contributed by atoms with E-state index in [1.54, 1.807) is 0 Å². The Morgan fingerprint density at radius 2 is 1.68 bits per heavy atom. The number of ketones is 1. The topological polar surface area (TPSA) is 55.4 Å². The van der Waals surface area contributed by atoms with Crippen molar-refractivity contribution in [1.82, 2.24) is 5.32 Å². The number of rotatable bonds is 9. The van der Waals surface area contributed by atoms with Crippen molar-refractivity contribution in [3.8, 4) is 0 Å². The highest BCUT2D eigenvalue weighted by Gasteiger charge is 2.49. The zero-order chi connectivity index (χ0) is 23.4. The third kappa shape index (κ3) is 5.14. The van der Waals surface area contributed by atoms with E-state index < -0.39 is 6.04 Å². The Morgan fingerprint density at radius 3 is 2.35 bits per heavy atom. The number of carbonyl (C=O) groups is 2. The van der Waals surface area contributed by atoms with Gasteiger partial charge in [0.2, 0.25) is 5.78 Å². The van der Waals surface area contributed by atoms with Crippen LogP contribution < -0.4 is 5.32 Å². The van der Waals surface area contributed by atoms with Crippen molar-refractivity contribution in [2.45, 2.75) is 31.5 Å². The number of quaternary nitrogens is 1. The summed E-state index contributed by atoms with van der Waals surface area (Å²) in [6, 6.07) is 23.2. The summed E-state index contributed by atoms with van der Waals surface area (Å²) in [6.07, 6.45) is 1.86. The summed E-state index contributed by atoms with van der Waals surface area (Å²) >= 11 is 1.51. The van der Waals surface area contributed by atoms with E-state index in [9.17, 15) is 9.59 Å². The molecule has 1 unspecified atom stereocenters. The standard InChI is InChI=1S/C28H31N2O3S/c31-24(26-12-7-17-34-26)19-30-15-13-22(14-16-30)25(20-30)33-28(32)27(23-10-5-2-6-11-23)29-18-21-8-3-1-4-9-21/h1-12,17,22,25,27,29H,13-16,18-20H2/q+1/t22?,25-,27?,30?/m0/s1. The van der Waals surface area contributed by atoms with E-state index in [0.717, 1.165) is 53.0 Å². The van der Waals surface area contributed by atoms with Gasteiger partial charge in [0.15, 0.2) is 6.10 Å². The van der Waals surface area contributed by atoms with Crippen LogP contribution >= 0.6 is 11.3 Å². The molecule has 0 spiro atoms. The maximum Gasteiger partial charge on any atom is 0.328 e. The first-order valence-electron chi connectivity index (χ1n) is 12.1. The maximum atomic E-state index is 13.5. The number of ether oxygens (including phenoxy) is 1. The fraction of sp³-hybridized carbons (Fsp3) is 0.357. The van der Waals surface area contributed by atoms with Gasteiger partial charge in [0, 0.05) is 25.3 Å². The number of nitrogens with one attached hydrogen (secondary N) is 1. The van der Waals surface area contributed by atoms with E-state index in [-0.39, 0.29) is 17.9 Å². The van der Waals surface area contributed by atoms with Crippen LogP contribution in [0.2, 0.25) is 0 Å². The minimum Gasteiger partial charge on any atom is -0.455 e. The Labute approximate surface area is 205 Å². The molecule has 4 heterocycles. The van der Waals surface area contributed by atoms with Gasteiger partial charge in [-0.15, -0.1) is 11.3 Å². The van der Waals surface area contributed by atoms with Gasteiger partial charge in [-0.2, -0.15) is 0 Å². The summed E-state index contributed by atoms with van der Waals surface area (Å²) in [5.41, 5.74) is 2.03. The number of benzene rings is 2. The maximum absolute atomic E-state index is 13.5. The molecule has 3 aromatic rings. The summed E-state index contributed by atoms with van der Waals surface area (Å²) in [4.78, 5) is 27.2. The summed E-state index contributed by atoms with van der Waals surface area (Å²) in [7, 11) is 0. The molecule has 2 aromatic carbocycles. The number of thiophene rings is 1. The molecule has 3 saturated heterocycles. The lowest BCUT2D eigenvalue weighted by Gasteiger charge is -2.51. The molecule has 3 aliphatic heterocycles. The molecular formula is C28H31N2O3S+.